The van der Waals surface area contributed by atoms with E-state index < -0.39 is 0 Å². The number of nitrogens with zero attached hydrogens (tertiary/aromatic N) is 1. The van der Waals surface area contributed by atoms with Crippen molar-refractivity contribution in [3.8, 4) is 0 Å². The normalized spacial score (nSPS) is 23.9. The van der Waals surface area contributed by atoms with Crippen LogP contribution >= 0.6 is 23.1 Å². The van der Waals surface area contributed by atoms with Gasteiger partial charge in [0.15, 0.2) is 0 Å². The minimum Gasteiger partial charge on any atom is -0.271 e. The van der Waals surface area contributed by atoms with Crippen LogP contribution in [0, 0.1) is 0 Å². The second-order valence-corrected chi connectivity index (χ2v) is 5.78. The van der Waals surface area contributed by atoms with E-state index in [1.807, 2.05) is 23.3 Å². The van der Waals surface area contributed by atoms with Gasteiger partial charge < -0.3 is 0 Å². The van der Waals surface area contributed by atoms with Crippen molar-refractivity contribution in [1.29, 1.82) is 0 Å². The first kappa shape index (κ1) is 10.4. The van der Waals surface area contributed by atoms with E-state index in [1.54, 1.807) is 11.3 Å². The number of nitrogens with two attached hydrogens (primary N) is 1. The van der Waals surface area contributed by atoms with Crippen LogP contribution in [0.25, 0.3) is 0 Å². The SMILES string of the molecule is NNC(Cc1nccs1)C1CCCS1. The first-order valence-corrected chi connectivity index (χ1v) is 6.79. The molecule has 1 saturated heterocycles. The first-order chi connectivity index (χ1) is 6.90. The molecule has 0 aromatic carbocycles. The monoisotopic (exact) mass is 229 g/mol. The predicted octanol–water partition coefficient (Wildman–Crippen LogP) is 1.41. The Bertz CT molecular complexity index is 257. The van der Waals surface area contributed by atoms with Crippen LogP contribution in [0.3, 0.4) is 0 Å². The summed E-state index contributed by atoms with van der Waals surface area (Å²) in [5, 5.41) is 3.87. The van der Waals surface area contributed by atoms with Gasteiger partial charge in [-0.3, -0.25) is 11.3 Å². The van der Waals surface area contributed by atoms with Crippen molar-refractivity contribution in [1.82, 2.24) is 10.4 Å². The summed E-state index contributed by atoms with van der Waals surface area (Å²) in [4.78, 5) is 4.29. The number of thiazole rings is 1. The Morgan fingerprint density at radius 3 is 3.21 bits per heavy atom. The quantitative estimate of drug-likeness (QED) is 0.605. The van der Waals surface area contributed by atoms with Gasteiger partial charge in [0, 0.05) is 29.3 Å². The van der Waals surface area contributed by atoms with Crippen LogP contribution in [-0.2, 0) is 6.42 Å². The van der Waals surface area contributed by atoms with Crippen LogP contribution < -0.4 is 11.3 Å². The second kappa shape index (κ2) is 5.11. The molecule has 1 aromatic heterocycles. The molecule has 1 aromatic rings. The van der Waals surface area contributed by atoms with Crippen molar-refractivity contribution in [3.63, 3.8) is 0 Å². The molecule has 3 nitrogen and oxygen atoms in total. The van der Waals surface area contributed by atoms with Crippen molar-refractivity contribution in [3.05, 3.63) is 16.6 Å². The molecule has 2 heterocycles. The molecule has 5 heteroatoms. The van der Waals surface area contributed by atoms with Crippen LogP contribution in [0.2, 0.25) is 0 Å². The van der Waals surface area contributed by atoms with Gasteiger partial charge in [-0.2, -0.15) is 11.8 Å². The summed E-state index contributed by atoms with van der Waals surface area (Å²) in [5.41, 5.74) is 2.93. The molecular weight excluding hydrogens is 214 g/mol. The lowest BCUT2D eigenvalue weighted by Crippen LogP contribution is -2.43. The minimum atomic E-state index is 0.383. The Labute approximate surface area is 92.5 Å². The molecule has 0 aliphatic carbocycles. The van der Waals surface area contributed by atoms with E-state index in [1.165, 1.54) is 23.6 Å². The average molecular weight is 229 g/mol. The van der Waals surface area contributed by atoms with Gasteiger partial charge in [-0.25, -0.2) is 4.98 Å². The van der Waals surface area contributed by atoms with Crippen LogP contribution in [0.4, 0.5) is 0 Å². The van der Waals surface area contributed by atoms with E-state index in [4.69, 9.17) is 5.84 Å². The molecule has 2 unspecified atom stereocenters. The van der Waals surface area contributed by atoms with Crippen molar-refractivity contribution in [2.24, 2.45) is 5.84 Å². The number of thioether (sulfide) groups is 1. The third kappa shape index (κ3) is 2.48. The molecule has 1 aliphatic heterocycles. The van der Waals surface area contributed by atoms with Gasteiger partial charge in [-0.05, 0) is 18.6 Å². The highest BCUT2D eigenvalue weighted by Gasteiger charge is 2.25. The fourth-order valence-electron chi connectivity index (χ4n) is 1.76. The van der Waals surface area contributed by atoms with Crippen molar-refractivity contribution in [2.45, 2.75) is 30.6 Å². The molecule has 1 fully saturated rings. The fraction of sp³-hybridized carbons (Fsp3) is 0.667. The van der Waals surface area contributed by atoms with Crippen LogP contribution in [0.1, 0.15) is 17.8 Å². The molecule has 2 rings (SSSR count). The standard InChI is InChI=1S/C9H15N3S2/c10-12-7(8-2-1-4-13-8)6-9-11-3-5-14-9/h3,5,7-8,12H,1-2,4,6,10H2. The summed E-state index contributed by atoms with van der Waals surface area (Å²) in [5.74, 6) is 6.86. The van der Waals surface area contributed by atoms with E-state index in [-0.39, 0.29) is 0 Å². The largest absolute Gasteiger partial charge is 0.271 e. The zero-order chi connectivity index (χ0) is 9.80. The first-order valence-electron chi connectivity index (χ1n) is 4.86. The predicted molar refractivity (Wildman–Crippen MR) is 62.4 cm³/mol. The Hall–Kier alpha value is -0.100. The maximum Gasteiger partial charge on any atom is 0.0941 e. The number of hydrazine groups is 1. The number of aromatic nitrogens is 1. The Morgan fingerprint density at radius 2 is 2.64 bits per heavy atom. The molecule has 0 saturated carbocycles. The van der Waals surface area contributed by atoms with Gasteiger partial charge in [-0.1, -0.05) is 0 Å². The molecular formula is C9H15N3S2. The van der Waals surface area contributed by atoms with Gasteiger partial charge >= 0.3 is 0 Å². The van der Waals surface area contributed by atoms with Gasteiger partial charge in [0.2, 0.25) is 0 Å². The Balaban J connectivity index is 1.92. The molecule has 0 bridgehead atoms. The molecule has 2 atom stereocenters. The van der Waals surface area contributed by atoms with Crippen molar-refractivity contribution in [2.75, 3.05) is 5.75 Å². The highest BCUT2D eigenvalue weighted by Crippen LogP contribution is 2.29. The number of hydrogen-bond donors (Lipinski definition) is 2. The zero-order valence-electron chi connectivity index (χ0n) is 7.98. The van der Waals surface area contributed by atoms with Gasteiger partial charge in [-0.15, -0.1) is 11.3 Å². The van der Waals surface area contributed by atoms with Crippen LogP contribution in [-0.4, -0.2) is 22.0 Å². The van der Waals surface area contributed by atoms with Crippen LogP contribution in [0.15, 0.2) is 11.6 Å². The maximum absolute atomic E-state index is 5.58. The highest BCUT2D eigenvalue weighted by molar-refractivity contribution is 8.00. The Kier molecular flexibility index (Phi) is 3.81. The summed E-state index contributed by atoms with van der Waals surface area (Å²) in [6, 6.07) is 0.383. The molecule has 1 aliphatic rings. The summed E-state index contributed by atoms with van der Waals surface area (Å²) in [6.07, 6.45) is 5.43. The summed E-state index contributed by atoms with van der Waals surface area (Å²) in [7, 11) is 0. The zero-order valence-corrected chi connectivity index (χ0v) is 9.61. The third-order valence-corrected chi connectivity index (χ3v) is 4.82. The van der Waals surface area contributed by atoms with Gasteiger partial charge in [0.1, 0.15) is 0 Å². The fourth-order valence-corrected chi connectivity index (χ4v) is 3.81. The molecule has 0 spiro atoms. The van der Waals surface area contributed by atoms with Crippen LogP contribution in [0.5, 0.6) is 0 Å². The van der Waals surface area contributed by atoms with Crippen molar-refractivity contribution < 1.29 is 0 Å². The van der Waals surface area contributed by atoms with E-state index in [9.17, 15) is 0 Å². The second-order valence-electron chi connectivity index (χ2n) is 3.45. The Morgan fingerprint density at radius 1 is 1.71 bits per heavy atom. The highest BCUT2D eigenvalue weighted by atomic mass is 32.2. The third-order valence-electron chi connectivity index (χ3n) is 2.51. The molecule has 0 amide bonds. The number of nitrogens with one attached hydrogen (secondary N) is 1. The van der Waals surface area contributed by atoms with E-state index in [0.29, 0.717) is 11.3 Å². The lowest BCUT2D eigenvalue weighted by Gasteiger charge is -2.20. The molecule has 0 radical (unpaired) electrons. The lowest BCUT2D eigenvalue weighted by atomic mass is 10.1. The van der Waals surface area contributed by atoms with Gasteiger partial charge in [0.25, 0.3) is 0 Å². The minimum absolute atomic E-state index is 0.383. The topological polar surface area (TPSA) is 50.9 Å². The van der Waals surface area contributed by atoms with Crippen molar-refractivity contribution >= 4 is 23.1 Å². The number of hydrogen-bond acceptors (Lipinski definition) is 5. The lowest BCUT2D eigenvalue weighted by molar-refractivity contribution is 0.495. The molecule has 14 heavy (non-hydrogen) atoms. The van der Waals surface area contributed by atoms with E-state index in [2.05, 4.69) is 10.4 Å². The smallest absolute Gasteiger partial charge is 0.0941 e. The summed E-state index contributed by atoms with van der Waals surface area (Å²) < 4.78 is 0. The molecule has 3 N–H and O–H groups in total. The van der Waals surface area contributed by atoms with E-state index in [0.717, 1.165) is 6.42 Å². The summed E-state index contributed by atoms with van der Waals surface area (Å²) >= 11 is 3.74. The number of rotatable bonds is 4. The maximum atomic E-state index is 5.58. The van der Waals surface area contributed by atoms with E-state index >= 15 is 0 Å². The average Bonchev–Trinajstić information content (AvgIpc) is 2.86. The van der Waals surface area contributed by atoms with Gasteiger partial charge in [0.05, 0.1) is 5.01 Å². The summed E-state index contributed by atoms with van der Waals surface area (Å²) in [6.45, 7) is 0. The molecule has 78 valence electrons.